The maximum Gasteiger partial charge on any atom is 0.222 e. The van der Waals surface area contributed by atoms with E-state index in [1.165, 1.54) is 19.3 Å². The van der Waals surface area contributed by atoms with Gasteiger partial charge in [0, 0.05) is 25.6 Å². The highest BCUT2D eigenvalue weighted by molar-refractivity contribution is 5.76. The minimum Gasteiger partial charge on any atom is -0.341 e. The smallest absolute Gasteiger partial charge is 0.222 e. The van der Waals surface area contributed by atoms with Gasteiger partial charge in [0.2, 0.25) is 5.91 Å². The second-order valence-corrected chi connectivity index (χ2v) is 7.73. The van der Waals surface area contributed by atoms with Gasteiger partial charge in [-0.1, -0.05) is 27.7 Å². The fourth-order valence-electron chi connectivity index (χ4n) is 3.47. The van der Waals surface area contributed by atoms with Gasteiger partial charge in [-0.2, -0.15) is 0 Å². The number of carbonyl (C=O) groups excluding carboxylic acids is 1. The molecule has 0 bridgehead atoms. The number of nitrogens with one attached hydrogen (secondary N) is 1. The Morgan fingerprint density at radius 3 is 2.50 bits per heavy atom. The summed E-state index contributed by atoms with van der Waals surface area (Å²) in [6.07, 6.45) is 5.65. The lowest BCUT2D eigenvalue weighted by atomic mass is 9.77. The zero-order valence-corrected chi connectivity index (χ0v) is 13.7. The van der Waals surface area contributed by atoms with Gasteiger partial charge in [-0.15, -0.1) is 0 Å². The quantitative estimate of drug-likeness (QED) is 0.839. The summed E-state index contributed by atoms with van der Waals surface area (Å²) < 4.78 is 0. The van der Waals surface area contributed by atoms with Crippen LogP contribution in [0.2, 0.25) is 0 Å². The minimum atomic E-state index is 0.327. The molecule has 0 radical (unpaired) electrons. The first-order valence-electron chi connectivity index (χ1n) is 8.43. The fourth-order valence-corrected chi connectivity index (χ4v) is 3.47. The molecule has 1 saturated carbocycles. The van der Waals surface area contributed by atoms with Crippen molar-refractivity contribution in [2.24, 2.45) is 17.3 Å². The van der Waals surface area contributed by atoms with Crippen LogP contribution in [0, 0.1) is 17.3 Å². The molecule has 2 aliphatic rings. The molecule has 1 aliphatic carbocycles. The summed E-state index contributed by atoms with van der Waals surface area (Å²) in [5, 5.41) is 3.58. The SMILES string of the molecule is CCNC(CN1CCC(C(C)(C)C)CCC1=O)C1CC1. The third kappa shape index (κ3) is 4.21. The average molecular weight is 280 g/mol. The average Bonchev–Trinajstić information content (AvgIpc) is 3.17. The Bertz CT molecular complexity index is 330. The molecule has 0 aromatic carbocycles. The molecule has 2 rings (SSSR count). The molecule has 1 saturated heterocycles. The maximum atomic E-state index is 12.4. The van der Waals surface area contributed by atoms with Crippen LogP contribution in [0.5, 0.6) is 0 Å². The van der Waals surface area contributed by atoms with E-state index in [-0.39, 0.29) is 0 Å². The number of nitrogens with zero attached hydrogens (tertiary/aromatic N) is 1. The largest absolute Gasteiger partial charge is 0.341 e. The van der Waals surface area contributed by atoms with Crippen LogP contribution in [0.4, 0.5) is 0 Å². The van der Waals surface area contributed by atoms with E-state index < -0.39 is 0 Å². The number of carbonyl (C=O) groups is 1. The van der Waals surface area contributed by atoms with Crippen LogP contribution in [0.25, 0.3) is 0 Å². The number of likely N-dealkylation sites (tertiary alicyclic amines) is 1. The number of rotatable bonds is 5. The Hall–Kier alpha value is -0.570. The van der Waals surface area contributed by atoms with Crippen LogP contribution in [0.1, 0.15) is 59.8 Å². The number of likely N-dealkylation sites (N-methyl/N-ethyl adjacent to an activating group) is 1. The van der Waals surface area contributed by atoms with Gasteiger partial charge in [0.15, 0.2) is 0 Å². The molecular formula is C17H32N2O. The Balaban J connectivity index is 1.92. The highest BCUT2D eigenvalue weighted by Crippen LogP contribution is 2.36. The van der Waals surface area contributed by atoms with Crippen molar-refractivity contribution < 1.29 is 4.79 Å². The molecule has 3 heteroatoms. The minimum absolute atomic E-state index is 0.327. The molecule has 1 N–H and O–H groups in total. The van der Waals surface area contributed by atoms with Crippen molar-refractivity contribution in [2.75, 3.05) is 19.6 Å². The van der Waals surface area contributed by atoms with E-state index in [0.717, 1.165) is 38.4 Å². The number of hydrogen-bond donors (Lipinski definition) is 1. The molecule has 1 heterocycles. The van der Waals surface area contributed by atoms with Crippen molar-refractivity contribution in [3.8, 4) is 0 Å². The first-order chi connectivity index (χ1) is 9.41. The van der Waals surface area contributed by atoms with E-state index >= 15 is 0 Å². The molecule has 116 valence electrons. The fraction of sp³-hybridized carbons (Fsp3) is 0.941. The first kappa shape index (κ1) is 15.8. The van der Waals surface area contributed by atoms with Crippen LogP contribution in [0.3, 0.4) is 0 Å². The summed E-state index contributed by atoms with van der Waals surface area (Å²) in [6.45, 7) is 12.0. The molecule has 3 nitrogen and oxygen atoms in total. The highest BCUT2D eigenvalue weighted by Gasteiger charge is 2.35. The molecule has 2 fully saturated rings. The normalized spacial score (nSPS) is 26.5. The van der Waals surface area contributed by atoms with Crippen molar-refractivity contribution in [2.45, 2.75) is 65.8 Å². The molecule has 20 heavy (non-hydrogen) atoms. The van der Waals surface area contributed by atoms with Gasteiger partial charge >= 0.3 is 0 Å². The molecule has 1 amide bonds. The second kappa shape index (κ2) is 6.46. The number of amides is 1. The molecule has 2 unspecified atom stereocenters. The molecular weight excluding hydrogens is 248 g/mol. The van der Waals surface area contributed by atoms with E-state index in [4.69, 9.17) is 0 Å². The van der Waals surface area contributed by atoms with Crippen molar-refractivity contribution in [3.05, 3.63) is 0 Å². The zero-order chi connectivity index (χ0) is 14.8. The van der Waals surface area contributed by atoms with Crippen LogP contribution < -0.4 is 5.32 Å². The predicted molar refractivity (Wildman–Crippen MR) is 83.6 cm³/mol. The summed E-state index contributed by atoms with van der Waals surface area (Å²) in [5.41, 5.74) is 0.327. The molecule has 2 atom stereocenters. The summed E-state index contributed by atoms with van der Waals surface area (Å²) in [4.78, 5) is 14.5. The van der Waals surface area contributed by atoms with Gasteiger partial charge in [-0.05, 0) is 49.5 Å². The maximum absolute atomic E-state index is 12.4. The summed E-state index contributed by atoms with van der Waals surface area (Å²) in [5.74, 6) is 1.86. The Kier molecular flexibility index (Phi) is 5.11. The predicted octanol–water partition coefficient (Wildman–Crippen LogP) is 3.05. The Morgan fingerprint density at radius 1 is 1.25 bits per heavy atom. The van der Waals surface area contributed by atoms with Crippen LogP contribution in [-0.4, -0.2) is 36.5 Å². The molecule has 0 aromatic rings. The van der Waals surface area contributed by atoms with E-state index in [0.29, 0.717) is 23.3 Å². The van der Waals surface area contributed by atoms with E-state index in [1.807, 2.05) is 0 Å². The lowest BCUT2D eigenvalue weighted by Gasteiger charge is -2.30. The van der Waals surface area contributed by atoms with Crippen molar-refractivity contribution in [3.63, 3.8) is 0 Å². The highest BCUT2D eigenvalue weighted by atomic mass is 16.2. The summed E-state index contributed by atoms with van der Waals surface area (Å²) in [6, 6.07) is 0.523. The van der Waals surface area contributed by atoms with Crippen molar-refractivity contribution in [1.29, 1.82) is 0 Å². The number of hydrogen-bond acceptors (Lipinski definition) is 2. The Morgan fingerprint density at radius 2 is 1.95 bits per heavy atom. The molecule has 1 aliphatic heterocycles. The third-order valence-electron chi connectivity index (χ3n) is 5.11. The summed E-state index contributed by atoms with van der Waals surface area (Å²) >= 11 is 0. The van der Waals surface area contributed by atoms with Crippen molar-refractivity contribution >= 4 is 5.91 Å². The standard InChI is InChI=1S/C17H32N2O/c1-5-18-15(13-6-7-13)12-19-11-10-14(17(2,3)4)8-9-16(19)20/h13-15,18H,5-12H2,1-4H3. The lowest BCUT2D eigenvalue weighted by Crippen LogP contribution is -2.44. The van der Waals surface area contributed by atoms with E-state index in [2.05, 4.69) is 37.9 Å². The van der Waals surface area contributed by atoms with Gasteiger partial charge in [0.1, 0.15) is 0 Å². The van der Waals surface area contributed by atoms with Gasteiger partial charge in [0.25, 0.3) is 0 Å². The second-order valence-electron chi connectivity index (χ2n) is 7.73. The van der Waals surface area contributed by atoms with Crippen molar-refractivity contribution in [1.82, 2.24) is 10.2 Å². The van der Waals surface area contributed by atoms with Crippen LogP contribution in [0.15, 0.2) is 0 Å². The van der Waals surface area contributed by atoms with Crippen LogP contribution in [-0.2, 0) is 4.79 Å². The molecule has 0 aromatic heterocycles. The topological polar surface area (TPSA) is 32.3 Å². The monoisotopic (exact) mass is 280 g/mol. The first-order valence-corrected chi connectivity index (χ1v) is 8.43. The third-order valence-corrected chi connectivity index (χ3v) is 5.11. The van der Waals surface area contributed by atoms with E-state index in [1.54, 1.807) is 0 Å². The van der Waals surface area contributed by atoms with Gasteiger partial charge < -0.3 is 10.2 Å². The van der Waals surface area contributed by atoms with Gasteiger partial charge in [-0.3, -0.25) is 4.79 Å². The summed E-state index contributed by atoms with van der Waals surface area (Å²) in [7, 11) is 0. The lowest BCUT2D eigenvalue weighted by molar-refractivity contribution is -0.131. The van der Waals surface area contributed by atoms with Gasteiger partial charge in [-0.25, -0.2) is 0 Å². The van der Waals surface area contributed by atoms with Crippen LogP contribution >= 0.6 is 0 Å². The molecule has 0 spiro atoms. The zero-order valence-electron chi connectivity index (χ0n) is 13.7. The Labute approximate surface area is 124 Å². The van der Waals surface area contributed by atoms with E-state index in [9.17, 15) is 4.79 Å². The van der Waals surface area contributed by atoms with Gasteiger partial charge in [0.05, 0.1) is 0 Å².